The first-order valence-corrected chi connectivity index (χ1v) is 2.63. The molecular formula is C7H7AlNO. The first-order chi connectivity index (χ1) is 4.34. The van der Waals surface area contributed by atoms with Gasteiger partial charge in [-0.3, -0.25) is 0 Å². The lowest BCUT2D eigenvalue weighted by Gasteiger charge is -1.92. The van der Waals surface area contributed by atoms with Crippen LogP contribution >= 0.6 is 0 Å². The molecule has 0 aliphatic rings. The number of hydrogen-bond donors (Lipinski definition) is 2. The average Bonchev–Trinajstić information content (AvgIpc) is 1.89. The topological polar surface area (TPSA) is 44.1 Å². The van der Waals surface area contributed by atoms with E-state index in [1.165, 1.54) is 0 Å². The number of para-hydroxylation sites is 1. The molecule has 0 heterocycles. The fraction of sp³-hybridized carbons (Fsp3) is 0. The molecule has 0 bridgehead atoms. The fourth-order valence-corrected chi connectivity index (χ4v) is 0.610. The van der Waals surface area contributed by atoms with E-state index < -0.39 is 0 Å². The Hall–Kier alpha value is -0.778. The van der Waals surface area contributed by atoms with Crippen molar-refractivity contribution < 1.29 is 5.11 Å². The molecular weight excluding hydrogens is 141 g/mol. The van der Waals surface area contributed by atoms with Gasteiger partial charge in [-0.15, -0.1) is 0 Å². The van der Waals surface area contributed by atoms with Crippen molar-refractivity contribution in [1.29, 1.82) is 5.41 Å². The van der Waals surface area contributed by atoms with Crippen molar-refractivity contribution >= 4 is 23.6 Å². The van der Waals surface area contributed by atoms with Crippen LogP contribution in [0.25, 0.3) is 0 Å². The molecule has 0 aliphatic heterocycles. The van der Waals surface area contributed by atoms with Crippen LogP contribution in [-0.2, 0) is 0 Å². The predicted octanol–water partition coefficient (Wildman–Crippen LogP) is 1.01. The van der Waals surface area contributed by atoms with E-state index in [2.05, 4.69) is 0 Å². The van der Waals surface area contributed by atoms with Crippen molar-refractivity contribution in [2.45, 2.75) is 0 Å². The maximum atomic E-state index is 8.96. The van der Waals surface area contributed by atoms with Crippen LogP contribution in [0.4, 0.5) is 0 Å². The summed E-state index contributed by atoms with van der Waals surface area (Å²) in [5.74, 6) is 0.160. The normalized spacial score (nSPS) is 8.00. The van der Waals surface area contributed by atoms with E-state index in [9.17, 15) is 0 Å². The van der Waals surface area contributed by atoms with Crippen LogP contribution in [-0.4, -0.2) is 28.7 Å². The lowest BCUT2D eigenvalue weighted by Crippen LogP contribution is -1.77. The van der Waals surface area contributed by atoms with Gasteiger partial charge in [-0.1, -0.05) is 12.1 Å². The van der Waals surface area contributed by atoms with Crippen LogP contribution in [0, 0.1) is 5.41 Å². The molecule has 2 nitrogen and oxygen atoms in total. The second-order valence-corrected chi connectivity index (χ2v) is 1.70. The van der Waals surface area contributed by atoms with Crippen molar-refractivity contribution in [3.63, 3.8) is 0 Å². The molecule has 49 valence electrons. The molecule has 0 atom stereocenters. The fourth-order valence-electron chi connectivity index (χ4n) is 0.610. The number of nitrogens with one attached hydrogen (secondary N) is 1. The second-order valence-electron chi connectivity index (χ2n) is 1.70. The minimum atomic E-state index is 0. The van der Waals surface area contributed by atoms with E-state index in [0.717, 1.165) is 6.21 Å². The maximum absolute atomic E-state index is 8.96. The van der Waals surface area contributed by atoms with Crippen LogP contribution in [0.15, 0.2) is 24.3 Å². The quantitative estimate of drug-likeness (QED) is 0.453. The first-order valence-electron chi connectivity index (χ1n) is 2.63. The number of aromatic hydroxyl groups is 1. The molecule has 0 saturated carbocycles. The van der Waals surface area contributed by atoms with Crippen LogP contribution < -0.4 is 0 Å². The smallest absolute Gasteiger partial charge is 0.124 e. The van der Waals surface area contributed by atoms with Gasteiger partial charge in [0.1, 0.15) is 5.75 Å². The Balaban J connectivity index is 0.000000810. The highest BCUT2D eigenvalue weighted by Crippen LogP contribution is 2.11. The molecule has 0 aromatic heterocycles. The summed E-state index contributed by atoms with van der Waals surface area (Å²) in [6.07, 6.45) is 1.12. The van der Waals surface area contributed by atoms with Crippen molar-refractivity contribution in [3.8, 4) is 5.75 Å². The van der Waals surface area contributed by atoms with Crippen LogP contribution in [0.2, 0.25) is 0 Å². The summed E-state index contributed by atoms with van der Waals surface area (Å²) in [4.78, 5) is 0. The molecule has 0 unspecified atom stereocenters. The van der Waals surface area contributed by atoms with E-state index in [0.29, 0.717) is 5.56 Å². The van der Waals surface area contributed by atoms with Gasteiger partial charge in [0.05, 0.1) is 0 Å². The van der Waals surface area contributed by atoms with Crippen LogP contribution in [0.5, 0.6) is 5.75 Å². The molecule has 0 fully saturated rings. The minimum Gasteiger partial charge on any atom is -0.507 e. The first kappa shape index (κ1) is 9.22. The van der Waals surface area contributed by atoms with E-state index in [1.54, 1.807) is 24.3 Å². The minimum absolute atomic E-state index is 0. The Morgan fingerprint density at radius 3 is 2.30 bits per heavy atom. The molecule has 0 aliphatic carbocycles. The van der Waals surface area contributed by atoms with Crippen LogP contribution in [0.3, 0.4) is 0 Å². The highest BCUT2D eigenvalue weighted by atomic mass is 27.0. The molecule has 10 heavy (non-hydrogen) atoms. The number of phenols is 1. The third-order valence-corrected chi connectivity index (χ3v) is 1.09. The Morgan fingerprint density at radius 1 is 1.30 bits per heavy atom. The van der Waals surface area contributed by atoms with Crippen molar-refractivity contribution in [2.75, 3.05) is 0 Å². The maximum Gasteiger partial charge on any atom is 0.124 e. The average molecular weight is 148 g/mol. The molecule has 0 spiro atoms. The third-order valence-electron chi connectivity index (χ3n) is 1.09. The van der Waals surface area contributed by atoms with E-state index in [1.807, 2.05) is 0 Å². The highest BCUT2D eigenvalue weighted by Gasteiger charge is 1.91. The van der Waals surface area contributed by atoms with Crippen molar-refractivity contribution in [3.05, 3.63) is 29.8 Å². The SMILES string of the molecule is N=Cc1ccccc1O.[Al]. The molecule has 0 saturated heterocycles. The van der Waals surface area contributed by atoms with Crippen molar-refractivity contribution in [2.24, 2.45) is 0 Å². The number of benzene rings is 1. The zero-order valence-corrected chi connectivity index (χ0v) is 6.57. The number of rotatable bonds is 1. The molecule has 3 radical (unpaired) electrons. The molecule has 2 N–H and O–H groups in total. The molecule has 1 aromatic carbocycles. The summed E-state index contributed by atoms with van der Waals surface area (Å²) in [6.45, 7) is 0. The highest BCUT2D eigenvalue weighted by molar-refractivity contribution is 5.80. The molecule has 0 amide bonds. The standard InChI is InChI=1S/C7H7NO.Al/c8-5-6-3-1-2-4-7(6)9;/h1-5,8-9H;. The van der Waals surface area contributed by atoms with Gasteiger partial charge in [-0.05, 0) is 12.1 Å². The number of phenolic OH excluding ortho intramolecular Hbond substituents is 1. The Labute approximate surface area is 70.1 Å². The Morgan fingerprint density at radius 2 is 1.90 bits per heavy atom. The van der Waals surface area contributed by atoms with E-state index >= 15 is 0 Å². The predicted molar refractivity (Wildman–Crippen MR) is 41.7 cm³/mol. The van der Waals surface area contributed by atoms with Gasteiger partial charge in [-0.2, -0.15) is 0 Å². The molecule has 3 heteroatoms. The number of hydrogen-bond acceptors (Lipinski definition) is 2. The van der Waals surface area contributed by atoms with Gasteiger partial charge in [-0.25, -0.2) is 0 Å². The van der Waals surface area contributed by atoms with E-state index in [-0.39, 0.29) is 23.1 Å². The Kier molecular flexibility index (Phi) is 3.79. The second kappa shape index (κ2) is 4.10. The zero-order chi connectivity index (χ0) is 6.69. The van der Waals surface area contributed by atoms with Gasteiger partial charge in [0, 0.05) is 29.1 Å². The van der Waals surface area contributed by atoms with Gasteiger partial charge in [0.2, 0.25) is 0 Å². The molecule has 1 aromatic rings. The zero-order valence-electron chi connectivity index (χ0n) is 5.41. The lowest BCUT2D eigenvalue weighted by atomic mass is 10.2. The summed E-state index contributed by atoms with van der Waals surface area (Å²) in [5, 5.41) is 15.8. The monoisotopic (exact) mass is 148 g/mol. The third kappa shape index (κ3) is 1.87. The largest absolute Gasteiger partial charge is 0.507 e. The summed E-state index contributed by atoms with van der Waals surface area (Å²) in [5.41, 5.74) is 0.553. The van der Waals surface area contributed by atoms with Gasteiger partial charge < -0.3 is 10.5 Å². The van der Waals surface area contributed by atoms with Crippen LogP contribution in [0.1, 0.15) is 5.56 Å². The van der Waals surface area contributed by atoms with Crippen molar-refractivity contribution in [1.82, 2.24) is 0 Å². The molecule has 1 rings (SSSR count). The lowest BCUT2D eigenvalue weighted by molar-refractivity contribution is 0.474. The summed E-state index contributed by atoms with van der Waals surface area (Å²) in [6, 6.07) is 6.74. The van der Waals surface area contributed by atoms with Gasteiger partial charge in [0.15, 0.2) is 0 Å². The summed E-state index contributed by atoms with van der Waals surface area (Å²) >= 11 is 0. The van der Waals surface area contributed by atoms with Gasteiger partial charge >= 0.3 is 0 Å². The van der Waals surface area contributed by atoms with Gasteiger partial charge in [0.25, 0.3) is 0 Å². The Bertz CT molecular complexity index is 225. The summed E-state index contributed by atoms with van der Waals surface area (Å²) in [7, 11) is 0. The van der Waals surface area contributed by atoms with E-state index in [4.69, 9.17) is 10.5 Å². The summed E-state index contributed by atoms with van der Waals surface area (Å²) < 4.78 is 0.